The predicted molar refractivity (Wildman–Crippen MR) is 56.0 cm³/mol. The molecular weight excluding hydrogens is 206 g/mol. The van der Waals surface area contributed by atoms with Crippen LogP contribution in [0.1, 0.15) is 19.8 Å². The van der Waals surface area contributed by atoms with Crippen molar-refractivity contribution >= 4 is 18.4 Å². The Morgan fingerprint density at radius 1 is 1.64 bits per heavy atom. The van der Waals surface area contributed by atoms with E-state index in [1.807, 2.05) is 4.90 Å². The van der Waals surface area contributed by atoms with Crippen LogP contribution in [0.5, 0.6) is 0 Å². The number of carboxylic acids is 1. The number of rotatable bonds is 4. The molecule has 0 radical (unpaired) electrons. The lowest BCUT2D eigenvalue weighted by Gasteiger charge is -2.32. The van der Waals surface area contributed by atoms with Crippen molar-refractivity contribution in [3.05, 3.63) is 0 Å². The summed E-state index contributed by atoms with van der Waals surface area (Å²) in [4.78, 5) is 12.8. The molecule has 1 atom stereocenters. The van der Waals surface area contributed by atoms with Gasteiger partial charge in [-0.3, -0.25) is 9.69 Å². The first kappa shape index (κ1) is 13.7. The molecule has 1 aliphatic rings. The van der Waals surface area contributed by atoms with Crippen LogP contribution in [0.3, 0.4) is 0 Å². The summed E-state index contributed by atoms with van der Waals surface area (Å²) in [5.74, 6) is -0.768. The summed E-state index contributed by atoms with van der Waals surface area (Å²) >= 11 is 0. The molecule has 0 aromatic heterocycles. The van der Waals surface area contributed by atoms with Crippen molar-refractivity contribution < 1.29 is 14.6 Å². The third-order valence-corrected chi connectivity index (χ3v) is 2.32. The second-order valence-corrected chi connectivity index (χ2v) is 3.32. The number of hydrogen-bond donors (Lipinski definition) is 1. The average Bonchev–Trinajstić information content (AvgIpc) is 2.15. The van der Waals surface area contributed by atoms with E-state index in [2.05, 4.69) is 6.92 Å². The predicted octanol–water partition coefficient (Wildman–Crippen LogP) is 0.994. The highest BCUT2D eigenvalue weighted by atomic mass is 35.5. The number of nitrogens with zero attached hydrogens (tertiary/aromatic N) is 1. The van der Waals surface area contributed by atoms with Crippen LogP contribution >= 0.6 is 12.4 Å². The molecule has 4 nitrogen and oxygen atoms in total. The molecule has 1 rings (SSSR count). The van der Waals surface area contributed by atoms with Gasteiger partial charge in [0.05, 0.1) is 13.2 Å². The fourth-order valence-corrected chi connectivity index (χ4v) is 1.49. The Hall–Kier alpha value is -0.320. The van der Waals surface area contributed by atoms with Gasteiger partial charge in [-0.15, -0.1) is 12.4 Å². The van der Waals surface area contributed by atoms with E-state index in [0.717, 1.165) is 25.9 Å². The van der Waals surface area contributed by atoms with Gasteiger partial charge in [0.25, 0.3) is 0 Å². The fraction of sp³-hybridized carbons (Fsp3) is 0.889. The van der Waals surface area contributed by atoms with Crippen molar-refractivity contribution in [2.45, 2.75) is 25.8 Å². The van der Waals surface area contributed by atoms with Crippen LogP contribution in [0.2, 0.25) is 0 Å². The van der Waals surface area contributed by atoms with Crippen LogP contribution in [0, 0.1) is 0 Å². The molecule has 5 heteroatoms. The molecule has 1 unspecified atom stereocenters. The van der Waals surface area contributed by atoms with Gasteiger partial charge in [-0.25, -0.2) is 0 Å². The largest absolute Gasteiger partial charge is 0.480 e. The van der Waals surface area contributed by atoms with Crippen LogP contribution in [0.4, 0.5) is 0 Å². The van der Waals surface area contributed by atoms with Gasteiger partial charge in [0, 0.05) is 6.54 Å². The number of hydrogen-bond acceptors (Lipinski definition) is 3. The van der Waals surface area contributed by atoms with E-state index < -0.39 is 12.0 Å². The van der Waals surface area contributed by atoms with Crippen LogP contribution < -0.4 is 0 Å². The molecule has 0 saturated carbocycles. The lowest BCUT2D eigenvalue weighted by molar-refractivity contribution is -0.149. The molecule has 0 bridgehead atoms. The van der Waals surface area contributed by atoms with Gasteiger partial charge < -0.3 is 9.84 Å². The molecule has 0 spiro atoms. The van der Waals surface area contributed by atoms with Crippen molar-refractivity contribution in [1.82, 2.24) is 4.90 Å². The van der Waals surface area contributed by atoms with Gasteiger partial charge in [0.2, 0.25) is 0 Å². The molecule has 0 aromatic rings. The highest BCUT2D eigenvalue weighted by Gasteiger charge is 2.28. The Bertz CT molecular complexity index is 177. The summed E-state index contributed by atoms with van der Waals surface area (Å²) < 4.78 is 5.13. The smallest absolute Gasteiger partial charge is 0.323 e. The van der Waals surface area contributed by atoms with Crippen molar-refractivity contribution in [2.75, 3.05) is 26.3 Å². The van der Waals surface area contributed by atoms with E-state index in [9.17, 15) is 4.79 Å². The number of aliphatic carboxylic acids is 1. The lowest BCUT2D eigenvalue weighted by Crippen LogP contribution is -2.50. The molecule has 0 aromatic carbocycles. The molecular formula is C9H18ClNO3. The minimum Gasteiger partial charge on any atom is -0.480 e. The first-order valence-corrected chi connectivity index (χ1v) is 4.80. The molecule has 1 N–H and O–H groups in total. The van der Waals surface area contributed by atoms with Crippen LogP contribution in [0.25, 0.3) is 0 Å². The normalized spacial score (nSPS) is 22.8. The van der Waals surface area contributed by atoms with E-state index >= 15 is 0 Å². The number of morpholine rings is 1. The number of ether oxygens (including phenoxy) is 1. The average molecular weight is 224 g/mol. The van der Waals surface area contributed by atoms with Crippen LogP contribution in [-0.4, -0.2) is 48.3 Å². The summed E-state index contributed by atoms with van der Waals surface area (Å²) in [6.07, 6.45) is 2.16. The summed E-state index contributed by atoms with van der Waals surface area (Å²) in [6.45, 7) is 4.72. The fourth-order valence-electron chi connectivity index (χ4n) is 1.49. The number of carboxylic acid groups (broad SMARTS) is 1. The van der Waals surface area contributed by atoms with Crippen molar-refractivity contribution in [3.63, 3.8) is 0 Å². The third kappa shape index (κ3) is 3.82. The zero-order chi connectivity index (χ0) is 9.68. The molecule has 0 amide bonds. The van der Waals surface area contributed by atoms with Crippen molar-refractivity contribution in [1.29, 1.82) is 0 Å². The van der Waals surface area contributed by atoms with Crippen molar-refractivity contribution in [2.24, 2.45) is 0 Å². The zero-order valence-electron chi connectivity index (χ0n) is 8.44. The summed E-state index contributed by atoms with van der Waals surface area (Å²) in [7, 11) is 0. The topological polar surface area (TPSA) is 49.8 Å². The standard InChI is InChI=1S/C9H17NO3.ClH/c1-2-3-4-10-5-6-13-7-8(10)9(11)12;/h8H,2-7H2,1H3,(H,11,12);1H. The van der Waals surface area contributed by atoms with E-state index in [-0.39, 0.29) is 12.4 Å². The maximum atomic E-state index is 10.8. The quantitative estimate of drug-likeness (QED) is 0.773. The second-order valence-electron chi connectivity index (χ2n) is 3.32. The Kier molecular flexibility index (Phi) is 6.87. The maximum Gasteiger partial charge on any atom is 0.323 e. The molecule has 1 heterocycles. The van der Waals surface area contributed by atoms with Gasteiger partial charge >= 0.3 is 5.97 Å². The monoisotopic (exact) mass is 223 g/mol. The maximum absolute atomic E-state index is 10.8. The first-order chi connectivity index (χ1) is 6.25. The van der Waals surface area contributed by atoms with Gasteiger partial charge in [-0.2, -0.15) is 0 Å². The summed E-state index contributed by atoms with van der Waals surface area (Å²) in [6, 6.07) is -0.430. The van der Waals surface area contributed by atoms with Gasteiger partial charge in [0.1, 0.15) is 6.04 Å². The van der Waals surface area contributed by atoms with Gasteiger partial charge in [-0.05, 0) is 13.0 Å². The number of carbonyl (C=O) groups is 1. The minimum atomic E-state index is -0.768. The molecule has 0 aliphatic carbocycles. The molecule has 1 aliphatic heterocycles. The molecule has 84 valence electrons. The molecule has 1 saturated heterocycles. The van der Waals surface area contributed by atoms with E-state index in [1.54, 1.807) is 0 Å². The van der Waals surface area contributed by atoms with E-state index in [0.29, 0.717) is 13.2 Å². The highest BCUT2D eigenvalue weighted by Crippen LogP contribution is 2.08. The Morgan fingerprint density at radius 2 is 2.36 bits per heavy atom. The number of halogens is 1. The van der Waals surface area contributed by atoms with Gasteiger partial charge in [0.15, 0.2) is 0 Å². The second kappa shape index (κ2) is 7.04. The number of unbranched alkanes of at least 4 members (excludes halogenated alkanes) is 1. The molecule has 14 heavy (non-hydrogen) atoms. The van der Waals surface area contributed by atoms with Gasteiger partial charge in [-0.1, -0.05) is 13.3 Å². The lowest BCUT2D eigenvalue weighted by atomic mass is 10.2. The SMILES string of the molecule is CCCCN1CCOCC1C(=O)O.Cl. The van der Waals surface area contributed by atoms with E-state index in [4.69, 9.17) is 9.84 Å². The summed E-state index contributed by atoms with van der Waals surface area (Å²) in [5.41, 5.74) is 0. The minimum absolute atomic E-state index is 0. The summed E-state index contributed by atoms with van der Waals surface area (Å²) in [5, 5.41) is 8.89. The highest BCUT2D eigenvalue weighted by molar-refractivity contribution is 5.85. The Morgan fingerprint density at radius 3 is 2.93 bits per heavy atom. The Balaban J connectivity index is 0.00000169. The first-order valence-electron chi connectivity index (χ1n) is 4.80. The molecule has 1 fully saturated rings. The zero-order valence-corrected chi connectivity index (χ0v) is 9.26. The Labute approximate surface area is 90.6 Å². The van der Waals surface area contributed by atoms with Crippen LogP contribution in [0.15, 0.2) is 0 Å². The van der Waals surface area contributed by atoms with E-state index in [1.165, 1.54) is 0 Å². The van der Waals surface area contributed by atoms with Crippen molar-refractivity contribution in [3.8, 4) is 0 Å². The van der Waals surface area contributed by atoms with Crippen LogP contribution in [-0.2, 0) is 9.53 Å². The third-order valence-electron chi connectivity index (χ3n) is 2.32.